The highest BCUT2D eigenvalue weighted by atomic mass is 32.2. The fourth-order valence-electron chi connectivity index (χ4n) is 1.81. The Balaban J connectivity index is 2.50. The van der Waals surface area contributed by atoms with Gasteiger partial charge in [-0.15, -0.1) is 11.8 Å². The van der Waals surface area contributed by atoms with Gasteiger partial charge in [-0.25, -0.2) is 0 Å². The van der Waals surface area contributed by atoms with Crippen LogP contribution in [-0.2, 0) is 6.42 Å². The van der Waals surface area contributed by atoms with Gasteiger partial charge in [0, 0.05) is 27.7 Å². The molecule has 12 heavy (non-hydrogen) atoms. The molecule has 0 saturated heterocycles. The highest BCUT2D eigenvalue weighted by Crippen LogP contribution is 2.35. The van der Waals surface area contributed by atoms with Crippen molar-refractivity contribution in [1.29, 1.82) is 0 Å². The molecule has 0 fully saturated rings. The summed E-state index contributed by atoms with van der Waals surface area (Å²) in [6.45, 7) is 0. The predicted octanol–water partition coefficient (Wildman–Crippen LogP) is 2.82. The molecule has 1 aliphatic heterocycles. The number of hydrogen-bond donors (Lipinski definition) is 1. The molecule has 0 amide bonds. The van der Waals surface area contributed by atoms with E-state index in [2.05, 4.69) is 29.4 Å². The Kier molecular flexibility index (Phi) is 1.27. The summed E-state index contributed by atoms with van der Waals surface area (Å²) in [5.41, 5.74) is 2.77. The summed E-state index contributed by atoms with van der Waals surface area (Å²) in [7, 11) is 0. The van der Waals surface area contributed by atoms with Gasteiger partial charge in [-0.3, -0.25) is 0 Å². The van der Waals surface area contributed by atoms with Gasteiger partial charge in [0.15, 0.2) is 0 Å². The van der Waals surface area contributed by atoms with Crippen LogP contribution in [0.4, 0.5) is 0 Å². The second kappa shape index (κ2) is 2.30. The average Bonchev–Trinajstić information content (AvgIpc) is 2.52. The van der Waals surface area contributed by atoms with Crippen LogP contribution in [0.15, 0.2) is 29.3 Å². The zero-order chi connectivity index (χ0) is 7.97. The molecule has 1 N–H and O–H groups in total. The van der Waals surface area contributed by atoms with Gasteiger partial charge in [0.25, 0.3) is 0 Å². The highest BCUT2D eigenvalue weighted by Gasteiger charge is 2.12. The molecule has 2 heterocycles. The number of H-pyrrole nitrogens is 1. The maximum Gasteiger partial charge on any atom is 0.0468 e. The molecular formula is C10H9NS. The average molecular weight is 175 g/mol. The Labute approximate surface area is 75.2 Å². The van der Waals surface area contributed by atoms with Crippen molar-refractivity contribution in [3.63, 3.8) is 0 Å². The molecule has 0 radical (unpaired) electrons. The molecule has 0 spiro atoms. The first-order valence-corrected chi connectivity index (χ1v) is 5.15. The predicted molar refractivity (Wildman–Crippen MR) is 52.7 cm³/mol. The fraction of sp³-hybridized carbons (Fsp3) is 0.200. The minimum absolute atomic E-state index is 1.21. The molecule has 2 aromatic rings. The van der Waals surface area contributed by atoms with Crippen molar-refractivity contribution >= 4 is 22.7 Å². The van der Waals surface area contributed by atoms with Gasteiger partial charge < -0.3 is 4.98 Å². The first-order valence-electron chi connectivity index (χ1n) is 4.17. The first kappa shape index (κ1) is 6.61. The molecule has 0 unspecified atom stereocenters. The Morgan fingerprint density at radius 3 is 3.33 bits per heavy atom. The summed E-state index contributed by atoms with van der Waals surface area (Å²) in [6.07, 6.45) is 3.36. The Hall–Kier alpha value is -0.890. The van der Waals surface area contributed by atoms with E-state index in [0.717, 1.165) is 0 Å². The normalized spacial score (nSPS) is 15.3. The molecular weight excluding hydrogens is 166 g/mol. The topological polar surface area (TPSA) is 15.8 Å². The van der Waals surface area contributed by atoms with Gasteiger partial charge in [0.2, 0.25) is 0 Å². The Bertz CT molecular complexity index is 430. The van der Waals surface area contributed by atoms with Gasteiger partial charge in [-0.1, -0.05) is 6.07 Å². The zero-order valence-electron chi connectivity index (χ0n) is 6.63. The lowest BCUT2D eigenvalue weighted by Gasteiger charge is -2.10. The summed E-state index contributed by atoms with van der Waals surface area (Å²) in [6, 6.07) is 6.48. The lowest BCUT2D eigenvalue weighted by molar-refractivity contribution is 1.15. The van der Waals surface area contributed by atoms with Crippen molar-refractivity contribution in [3.8, 4) is 0 Å². The largest absolute Gasteiger partial charge is 0.361 e. The molecule has 0 aliphatic carbocycles. The maximum atomic E-state index is 3.31. The molecule has 1 aromatic carbocycles. The number of thioether (sulfide) groups is 1. The van der Waals surface area contributed by atoms with E-state index in [1.54, 1.807) is 0 Å². The van der Waals surface area contributed by atoms with E-state index in [9.17, 15) is 0 Å². The summed E-state index contributed by atoms with van der Waals surface area (Å²) in [5.74, 6) is 1.23. The monoisotopic (exact) mass is 175 g/mol. The van der Waals surface area contributed by atoms with E-state index in [1.165, 1.54) is 33.5 Å². The van der Waals surface area contributed by atoms with E-state index in [1.807, 2.05) is 11.8 Å². The number of benzene rings is 1. The van der Waals surface area contributed by atoms with Crippen LogP contribution in [0.1, 0.15) is 5.56 Å². The molecule has 0 bridgehead atoms. The first-order chi connectivity index (χ1) is 5.95. The van der Waals surface area contributed by atoms with E-state index < -0.39 is 0 Å². The van der Waals surface area contributed by atoms with Crippen molar-refractivity contribution in [2.24, 2.45) is 0 Å². The van der Waals surface area contributed by atoms with Gasteiger partial charge >= 0.3 is 0 Å². The summed E-state index contributed by atoms with van der Waals surface area (Å²) in [5, 5.41) is 1.45. The van der Waals surface area contributed by atoms with Crippen molar-refractivity contribution < 1.29 is 0 Å². The van der Waals surface area contributed by atoms with E-state index in [-0.39, 0.29) is 0 Å². The molecule has 60 valence electrons. The van der Waals surface area contributed by atoms with Gasteiger partial charge in [-0.2, -0.15) is 0 Å². The summed E-state index contributed by atoms with van der Waals surface area (Å²) in [4.78, 5) is 4.75. The second-order valence-electron chi connectivity index (χ2n) is 3.09. The maximum absolute atomic E-state index is 3.31. The van der Waals surface area contributed by atoms with Crippen LogP contribution in [0, 0.1) is 0 Å². The molecule has 1 aliphatic rings. The number of aromatic nitrogens is 1. The molecule has 1 aromatic heterocycles. The van der Waals surface area contributed by atoms with E-state index in [4.69, 9.17) is 0 Å². The van der Waals surface area contributed by atoms with Crippen LogP contribution in [-0.4, -0.2) is 10.7 Å². The number of hydrogen-bond acceptors (Lipinski definition) is 1. The van der Waals surface area contributed by atoms with Gasteiger partial charge in [0.05, 0.1) is 0 Å². The third-order valence-electron chi connectivity index (χ3n) is 2.38. The van der Waals surface area contributed by atoms with Gasteiger partial charge in [0.1, 0.15) is 0 Å². The van der Waals surface area contributed by atoms with E-state index in [0.29, 0.717) is 0 Å². The lowest BCUT2D eigenvalue weighted by Crippen LogP contribution is -1.93. The van der Waals surface area contributed by atoms with Gasteiger partial charge in [-0.05, 0) is 24.1 Å². The molecule has 0 saturated carbocycles. The van der Waals surface area contributed by atoms with Crippen molar-refractivity contribution in [3.05, 3.63) is 30.0 Å². The van der Waals surface area contributed by atoms with Crippen LogP contribution in [0.25, 0.3) is 10.9 Å². The zero-order valence-corrected chi connectivity index (χ0v) is 7.45. The highest BCUT2D eigenvalue weighted by molar-refractivity contribution is 7.99. The minimum atomic E-state index is 1.21. The minimum Gasteiger partial charge on any atom is -0.361 e. The second-order valence-corrected chi connectivity index (χ2v) is 4.23. The van der Waals surface area contributed by atoms with Crippen molar-refractivity contribution in [2.45, 2.75) is 11.3 Å². The quantitative estimate of drug-likeness (QED) is 0.651. The third kappa shape index (κ3) is 0.758. The summed E-state index contributed by atoms with van der Waals surface area (Å²) < 4.78 is 0. The van der Waals surface area contributed by atoms with Crippen LogP contribution in [0.2, 0.25) is 0 Å². The number of aryl methyl sites for hydroxylation is 1. The molecule has 3 rings (SSSR count). The molecule has 0 atom stereocenters. The number of aromatic amines is 1. The van der Waals surface area contributed by atoms with Crippen LogP contribution in [0.5, 0.6) is 0 Å². The van der Waals surface area contributed by atoms with Crippen LogP contribution in [0.3, 0.4) is 0 Å². The van der Waals surface area contributed by atoms with Crippen molar-refractivity contribution in [2.75, 3.05) is 5.75 Å². The number of nitrogens with one attached hydrogen (secondary N) is 1. The standard InChI is InChI=1S/C10H9NS/c1-2-8-10-7(6-11-8)4-5-12-9(10)3-1/h1-3,6,11H,4-5H2. The van der Waals surface area contributed by atoms with E-state index >= 15 is 0 Å². The van der Waals surface area contributed by atoms with Crippen LogP contribution >= 0.6 is 11.8 Å². The van der Waals surface area contributed by atoms with Crippen LogP contribution < -0.4 is 0 Å². The smallest absolute Gasteiger partial charge is 0.0468 e. The Morgan fingerprint density at radius 1 is 1.33 bits per heavy atom. The lowest BCUT2D eigenvalue weighted by atomic mass is 10.1. The molecule has 1 nitrogen and oxygen atoms in total. The third-order valence-corrected chi connectivity index (χ3v) is 3.44. The van der Waals surface area contributed by atoms with Crippen molar-refractivity contribution in [1.82, 2.24) is 4.98 Å². The fourth-order valence-corrected chi connectivity index (χ4v) is 2.91. The summed E-state index contributed by atoms with van der Waals surface area (Å²) >= 11 is 1.97. The SMILES string of the molecule is c1cc2c3c(c[nH]c3c1)CCS2. The molecule has 2 heteroatoms. The Morgan fingerprint density at radius 2 is 2.33 bits per heavy atom. The number of rotatable bonds is 0.